The van der Waals surface area contributed by atoms with Crippen molar-refractivity contribution in [3.8, 4) is 0 Å². The Morgan fingerprint density at radius 2 is 1.42 bits per heavy atom. The summed E-state index contributed by atoms with van der Waals surface area (Å²) in [7, 11) is 0.807. The number of ether oxygens (including phenoxy) is 4. The Labute approximate surface area is 219 Å². The second kappa shape index (κ2) is 9.20. The Kier molecular flexibility index (Phi) is 7.87. The van der Waals surface area contributed by atoms with Gasteiger partial charge in [-0.3, -0.25) is 0 Å². The maximum Gasteiger partial charge on any atom is 0.217 e. The number of rotatable bonds is 8. The van der Waals surface area contributed by atoms with Crippen molar-refractivity contribution in [3.05, 3.63) is 22.2 Å². The first-order valence-electron chi connectivity index (χ1n) is 11.3. The Morgan fingerprint density at radius 1 is 0.970 bits per heavy atom. The summed E-state index contributed by atoms with van der Waals surface area (Å²) >= 11 is 28.5. The van der Waals surface area contributed by atoms with E-state index >= 15 is 0 Å². The molecular weight excluding hydrogens is 526 g/mol. The van der Waals surface area contributed by atoms with Crippen molar-refractivity contribution < 1.29 is 23.4 Å². The van der Waals surface area contributed by atoms with E-state index < -0.39 is 48.1 Å². The molecule has 0 aromatic rings. The highest BCUT2D eigenvalue weighted by Crippen LogP contribution is 2.76. The molecule has 0 spiro atoms. The zero-order chi connectivity index (χ0) is 25.2. The van der Waals surface area contributed by atoms with Crippen molar-refractivity contribution >= 4 is 54.7 Å². The van der Waals surface area contributed by atoms with E-state index in [0.29, 0.717) is 6.61 Å². The molecule has 0 N–H and O–H groups in total. The summed E-state index contributed by atoms with van der Waals surface area (Å²) in [5.41, 5.74) is 0. The maximum absolute atomic E-state index is 7.44. The lowest BCUT2D eigenvalue weighted by molar-refractivity contribution is -0.224. The van der Waals surface area contributed by atoms with Crippen LogP contribution in [0.3, 0.4) is 0 Å². The first-order chi connectivity index (χ1) is 15.1. The molecule has 0 radical (unpaired) electrons. The molecular formula is C23H36Cl4O5Si. The molecule has 0 aromatic heterocycles. The molecule has 3 rings (SSSR count). The molecule has 2 bridgehead atoms. The number of alkyl halides is 2. The zero-order valence-corrected chi connectivity index (χ0v) is 24.8. The van der Waals surface area contributed by atoms with Gasteiger partial charge in [-0.15, -0.1) is 23.2 Å². The lowest BCUT2D eigenvalue weighted by Gasteiger charge is -2.48. The molecule has 1 fully saturated rings. The van der Waals surface area contributed by atoms with E-state index in [1.807, 2.05) is 26.0 Å². The second-order valence-electron chi connectivity index (χ2n) is 10.5. The van der Waals surface area contributed by atoms with Crippen molar-refractivity contribution in [2.24, 2.45) is 11.8 Å². The molecule has 3 aliphatic rings. The van der Waals surface area contributed by atoms with Crippen LogP contribution in [0.2, 0.25) is 18.1 Å². The number of hydrogen-bond acceptors (Lipinski definition) is 5. The van der Waals surface area contributed by atoms with Gasteiger partial charge in [0.15, 0.2) is 14.6 Å². The Hall–Kier alpha value is 0.657. The normalized spacial score (nSPS) is 38.7. The van der Waals surface area contributed by atoms with E-state index in [-0.39, 0.29) is 21.2 Å². The van der Waals surface area contributed by atoms with Crippen LogP contribution in [-0.4, -0.2) is 63.2 Å². The minimum Gasteiger partial charge on any atom is -0.410 e. The summed E-state index contributed by atoms with van der Waals surface area (Å²) in [6.45, 7) is 15.2. The van der Waals surface area contributed by atoms with E-state index in [1.54, 1.807) is 0 Å². The summed E-state index contributed by atoms with van der Waals surface area (Å²) in [5, 5.41) is 0.422. The fourth-order valence-corrected chi connectivity index (χ4v) is 8.87. The Bertz CT molecular complexity index is 824. The molecule has 0 saturated heterocycles. The number of methoxy groups -OCH3 is 2. The van der Waals surface area contributed by atoms with Crippen molar-refractivity contribution in [2.45, 2.75) is 86.8 Å². The molecule has 33 heavy (non-hydrogen) atoms. The highest BCUT2D eigenvalue weighted by Gasteiger charge is 2.86. The predicted molar refractivity (Wildman–Crippen MR) is 137 cm³/mol. The van der Waals surface area contributed by atoms with E-state index in [9.17, 15) is 0 Å². The molecule has 0 aromatic carbocycles. The quantitative estimate of drug-likeness (QED) is 0.144. The first-order valence-corrected chi connectivity index (χ1v) is 15.7. The average molecular weight is 562 g/mol. The van der Waals surface area contributed by atoms with Crippen molar-refractivity contribution in [2.75, 3.05) is 20.8 Å². The first kappa shape index (κ1) is 28.2. The van der Waals surface area contributed by atoms with Gasteiger partial charge in [-0.2, -0.15) is 0 Å². The fraction of sp³-hybridized carbons (Fsp3) is 0.826. The van der Waals surface area contributed by atoms with Gasteiger partial charge in [0, 0.05) is 32.7 Å². The largest absolute Gasteiger partial charge is 0.410 e. The van der Waals surface area contributed by atoms with Crippen LogP contribution in [0, 0.1) is 11.8 Å². The van der Waals surface area contributed by atoms with Crippen LogP contribution in [0.5, 0.6) is 0 Å². The van der Waals surface area contributed by atoms with Crippen LogP contribution in [0.1, 0.15) is 34.6 Å². The lowest BCUT2D eigenvalue weighted by Crippen LogP contribution is -2.58. The van der Waals surface area contributed by atoms with Crippen LogP contribution in [0.4, 0.5) is 0 Å². The molecule has 1 unspecified atom stereocenters. The molecule has 7 atom stereocenters. The third-order valence-corrected chi connectivity index (χ3v) is 15.0. The van der Waals surface area contributed by atoms with E-state index in [0.717, 1.165) is 0 Å². The average Bonchev–Trinajstić information content (AvgIpc) is 2.98. The number of halogens is 4. The second-order valence-corrected chi connectivity index (χ2v) is 17.2. The fourth-order valence-electron chi connectivity index (χ4n) is 5.35. The predicted octanol–water partition coefficient (Wildman–Crippen LogP) is 6.61. The zero-order valence-electron chi connectivity index (χ0n) is 20.8. The van der Waals surface area contributed by atoms with Crippen molar-refractivity contribution in [3.63, 3.8) is 0 Å². The SMILES string of the molecule is CCOC(C)O[C@H]1C=C[C@@H](O[Si](C)(C)C(C)(C)C)[C@@H]2[C@H]1[C@]1(Cl)C(Cl)=C(Cl)[C@@]2(Cl)C1(OC)OC. The summed E-state index contributed by atoms with van der Waals surface area (Å²) in [5.74, 6) is -2.40. The Balaban J connectivity index is 2.19. The molecule has 0 amide bonds. The minimum absolute atomic E-state index is 0.0141. The highest BCUT2D eigenvalue weighted by molar-refractivity contribution is 6.74. The minimum atomic E-state index is -2.20. The van der Waals surface area contributed by atoms with Crippen molar-refractivity contribution in [1.29, 1.82) is 0 Å². The topological polar surface area (TPSA) is 46.2 Å². The van der Waals surface area contributed by atoms with Gasteiger partial charge in [0.25, 0.3) is 0 Å². The molecule has 10 heteroatoms. The molecule has 1 saturated carbocycles. The number of fused-ring (bicyclic) bond motifs is 5. The van der Waals surface area contributed by atoms with Gasteiger partial charge in [0.05, 0.1) is 22.3 Å². The summed E-state index contributed by atoms with van der Waals surface area (Å²) < 4.78 is 30.7. The highest BCUT2D eigenvalue weighted by atomic mass is 35.5. The van der Waals surface area contributed by atoms with E-state index in [1.165, 1.54) is 14.2 Å². The molecule has 5 nitrogen and oxygen atoms in total. The number of hydrogen-bond donors (Lipinski definition) is 0. The smallest absolute Gasteiger partial charge is 0.217 e. The van der Waals surface area contributed by atoms with Gasteiger partial charge in [-0.25, -0.2) is 0 Å². The van der Waals surface area contributed by atoms with Gasteiger partial charge >= 0.3 is 0 Å². The summed E-state index contributed by atoms with van der Waals surface area (Å²) in [6, 6.07) is 0. The monoisotopic (exact) mass is 560 g/mol. The van der Waals surface area contributed by atoms with Gasteiger partial charge in [0.1, 0.15) is 9.75 Å². The van der Waals surface area contributed by atoms with Gasteiger partial charge in [-0.1, -0.05) is 56.1 Å². The van der Waals surface area contributed by atoms with Crippen LogP contribution in [0.25, 0.3) is 0 Å². The van der Waals surface area contributed by atoms with Gasteiger partial charge < -0.3 is 23.4 Å². The van der Waals surface area contributed by atoms with Crippen LogP contribution in [0.15, 0.2) is 22.2 Å². The van der Waals surface area contributed by atoms with E-state index in [2.05, 4.69) is 33.9 Å². The Morgan fingerprint density at radius 3 is 1.85 bits per heavy atom. The van der Waals surface area contributed by atoms with Gasteiger partial charge in [0.2, 0.25) is 5.79 Å². The van der Waals surface area contributed by atoms with E-state index in [4.69, 9.17) is 69.8 Å². The lowest BCUT2D eigenvalue weighted by atomic mass is 9.72. The third-order valence-electron chi connectivity index (χ3n) is 7.86. The molecule has 0 heterocycles. The third kappa shape index (κ3) is 3.73. The maximum atomic E-state index is 7.44. The summed E-state index contributed by atoms with van der Waals surface area (Å²) in [6.07, 6.45) is 2.64. The van der Waals surface area contributed by atoms with Crippen LogP contribution < -0.4 is 0 Å². The van der Waals surface area contributed by atoms with Crippen LogP contribution >= 0.6 is 46.4 Å². The summed E-state index contributed by atoms with van der Waals surface area (Å²) in [4.78, 5) is -2.77. The van der Waals surface area contributed by atoms with Gasteiger partial charge in [-0.05, 0) is 32.0 Å². The molecule has 190 valence electrons. The van der Waals surface area contributed by atoms with Crippen molar-refractivity contribution in [1.82, 2.24) is 0 Å². The molecule has 0 aliphatic heterocycles. The standard InChI is InChI=1S/C23H36Cl4O5Si/c1-10-30-13(2)31-14-11-12-15(32-33(8,9)20(3,4)5)17-16(14)21(26)18(24)19(25)22(17,27)23(21,28-6)29-7/h11-17H,10H2,1-9H3/t13?,14-,15+,16-,17+,21-,22+/m0/s1. The van der Waals surface area contributed by atoms with Crippen LogP contribution in [-0.2, 0) is 23.4 Å². The molecule has 3 aliphatic carbocycles.